The van der Waals surface area contributed by atoms with Crippen LogP contribution >= 0.6 is 11.3 Å². The number of thiazole rings is 1. The van der Waals surface area contributed by atoms with Gasteiger partial charge in [0.25, 0.3) is 0 Å². The molecule has 7 heteroatoms. The number of benzene rings is 1. The molecule has 0 atom stereocenters. The van der Waals surface area contributed by atoms with Crippen LogP contribution in [0.4, 0.5) is 10.1 Å². The smallest absolute Gasteiger partial charge is 0.190 e. The van der Waals surface area contributed by atoms with Crippen LogP contribution < -0.4 is 4.80 Å². The lowest BCUT2D eigenvalue weighted by molar-refractivity contribution is 0.559. The summed E-state index contributed by atoms with van der Waals surface area (Å²) >= 11 is 1.57. The van der Waals surface area contributed by atoms with Crippen molar-refractivity contribution in [3.63, 3.8) is 0 Å². The Morgan fingerprint density at radius 2 is 1.93 bits per heavy atom. The van der Waals surface area contributed by atoms with Crippen molar-refractivity contribution in [1.82, 2.24) is 19.1 Å². The molecule has 0 radical (unpaired) electrons. The van der Waals surface area contributed by atoms with Crippen LogP contribution in [0, 0.1) is 5.82 Å². The van der Waals surface area contributed by atoms with Gasteiger partial charge in [0.1, 0.15) is 5.82 Å². The molecule has 3 aromatic heterocycles. The molecule has 0 saturated heterocycles. The van der Waals surface area contributed by atoms with Crippen molar-refractivity contribution >= 4 is 17.0 Å². The number of nitrogens with zero attached hydrogens (tertiary/aromatic N) is 5. The maximum Gasteiger partial charge on any atom is 0.190 e. The molecular formula is C20H18FN5S. The SMILES string of the molecule is Fc1ccc(-c2csc(=Nc3cccnc3)n2CCCn2ccnc2)cc1. The van der Waals surface area contributed by atoms with Gasteiger partial charge < -0.3 is 9.13 Å². The van der Waals surface area contributed by atoms with Gasteiger partial charge in [-0.2, -0.15) is 0 Å². The minimum atomic E-state index is -0.235. The summed E-state index contributed by atoms with van der Waals surface area (Å²) in [6, 6.07) is 10.4. The van der Waals surface area contributed by atoms with Crippen LogP contribution in [0.3, 0.4) is 0 Å². The number of hydrogen-bond donors (Lipinski definition) is 0. The van der Waals surface area contributed by atoms with Gasteiger partial charge in [0.15, 0.2) is 4.80 Å². The summed E-state index contributed by atoms with van der Waals surface area (Å²) in [5, 5.41) is 2.07. The fourth-order valence-corrected chi connectivity index (χ4v) is 3.80. The molecule has 0 aliphatic heterocycles. The minimum absolute atomic E-state index is 0.235. The minimum Gasteiger partial charge on any atom is -0.337 e. The van der Waals surface area contributed by atoms with E-state index in [1.807, 2.05) is 24.7 Å². The largest absolute Gasteiger partial charge is 0.337 e. The van der Waals surface area contributed by atoms with Gasteiger partial charge in [0.2, 0.25) is 0 Å². The first-order valence-electron chi connectivity index (χ1n) is 8.64. The molecule has 3 heterocycles. The summed E-state index contributed by atoms with van der Waals surface area (Å²) in [6.45, 7) is 1.67. The molecule has 27 heavy (non-hydrogen) atoms. The molecule has 5 nitrogen and oxygen atoms in total. The van der Waals surface area contributed by atoms with E-state index in [4.69, 9.17) is 4.99 Å². The van der Waals surface area contributed by atoms with Crippen LogP contribution in [0.25, 0.3) is 11.3 Å². The number of hydrogen-bond acceptors (Lipinski definition) is 4. The standard InChI is InChI=1S/C20H18FN5S/c21-17-6-4-16(5-7-17)19-14-27-20(24-18-3-1-8-22-13-18)26(19)11-2-10-25-12-9-23-15-25/h1,3-9,12-15H,2,10-11H2. The van der Waals surface area contributed by atoms with Crippen LogP contribution in [0.15, 0.2) is 77.9 Å². The zero-order valence-corrected chi connectivity index (χ0v) is 15.4. The molecule has 1 aromatic carbocycles. The van der Waals surface area contributed by atoms with Gasteiger partial charge in [-0.15, -0.1) is 11.3 Å². The summed E-state index contributed by atoms with van der Waals surface area (Å²) in [5.74, 6) is -0.235. The quantitative estimate of drug-likeness (QED) is 0.502. The number of rotatable bonds is 6. The molecule has 0 spiro atoms. The lowest BCUT2D eigenvalue weighted by atomic mass is 10.1. The molecule has 0 N–H and O–H groups in total. The van der Waals surface area contributed by atoms with Crippen molar-refractivity contribution in [3.8, 4) is 11.3 Å². The second kappa shape index (κ2) is 8.09. The van der Waals surface area contributed by atoms with Gasteiger partial charge in [-0.05, 0) is 48.4 Å². The van der Waals surface area contributed by atoms with Gasteiger partial charge in [-0.1, -0.05) is 0 Å². The van der Waals surface area contributed by atoms with Crippen LogP contribution in [-0.2, 0) is 13.1 Å². The highest BCUT2D eigenvalue weighted by molar-refractivity contribution is 7.07. The Balaban J connectivity index is 1.68. The Morgan fingerprint density at radius 1 is 1.04 bits per heavy atom. The Bertz CT molecular complexity index is 1050. The van der Waals surface area contributed by atoms with E-state index in [1.165, 1.54) is 12.1 Å². The Labute approximate surface area is 160 Å². The maximum absolute atomic E-state index is 13.3. The van der Waals surface area contributed by atoms with Crippen molar-refractivity contribution < 1.29 is 4.39 Å². The van der Waals surface area contributed by atoms with E-state index in [-0.39, 0.29) is 5.82 Å². The molecule has 0 aliphatic carbocycles. The molecule has 0 saturated carbocycles. The van der Waals surface area contributed by atoms with Gasteiger partial charge in [-0.3, -0.25) is 4.98 Å². The van der Waals surface area contributed by atoms with E-state index >= 15 is 0 Å². The highest BCUT2D eigenvalue weighted by atomic mass is 32.1. The normalized spacial score (nSPS) is 11.8. The van der Waals surface area contributed by atoms with Crippen LogP contribution in [0.5, 0.6) is 0 Å². The molecule has 4 aromatic rings. The molecule has 0 fully saturated rings. The summed E-state index contributed by atoms with van der Waals surface area (Å²) in [4.78, 5) is 13.9. The third-order valence-electron chi connectivity index (χ3n) is 4.17. The number of imidazole rings is 1. The van der Waals surface area contributed by atoms with Gasteiger partial charge in [-0.25, -0.2) is 14.4 Å². The number of aromatic nitrogens is 4. The summed E-state index contributed by atoms with van der Waals surface area (Å²) < 4.78 is 17.6. The molecule has 0 unspecified atom stereocenters. The van der Waals surface area contributed by atoms with E-state index in [0.29, 0.717) is 0 Å². The van der Waals surface area contributed by atoms with Gasteiger partial charge in [0.05, 0.1) is 23.9 Å². The van der Waals surface area contributed by atoms with Crippen molar-refractivity contribution in [3.05, 3.63) is 83.5 Å². The number of pyridine rings is 1. The third kappa shape index (κ3) is 4.20. The highest BCUT2D eigenvalue weighted by Gasteiger charge is 2.09. The summed E-state index contributed by atoms with van der Waals surface area (Å²) in [6.07, 6.45) is 9.97. The first-order valence-corrected chi connectivity index (χ1v) is 9.52. The third-order valence-corrected chi connectivity index (χ3v) is 5.03. The molecule has 0 amide bonds. The van der Waals surface area contributed by atoms with Crippen molar-refractivity contribution in [1.29, 1.82) is 0 Å². The predicted molar refractivity (Wildman–Crippen MR) is 104 cm³/mol. The first-order chi connectivity index (χ1) is 13.3. The maximum atomic E-state index is 13.3. The fraction of sp³-hybridized carbons (Fsp3) is 0.150. The van der Waals surface area contributed by atoms with Crippen molar-refractivity contribution in [2.75, 3.05) is 0 Å². The van der Waals surface area contributed by atoms with E-state index in [1.54, 1.807) is 42.1 Å². The zero-order chi connectivity index (χ0) is 18.5. The second-order valence-electron chi connectivity index (χ2n) is 6.04. The Kier molecular flexibility index (Phi) is 5.20. The monoisotopic (exact) mass is 379 g/mol. The fourth-order valence-electron chi connectivity index (χ4n) is 2.85. The van der Waals surface area contributed by atoms with E-state index in [2.05, 4.69) is 24.5 Å². The second-order valence-corrected chi connectivity index (χ2v) is 6.88. The first kappa shape index (κ1) is 17.4. The Hall–Kier alpha value is -3.06. The predicted octanol–water partition coefficient (Wildman–Crippen LogP) is 4.27. The molecule has 0 bridgehead atoms. The van der Waals surface area contributed by atoms with Gasteiger partial charge >= 0.3 is 0 Å². The average Bonchev–Trinajstić information content (AvgIpc) is 3.34. The summed E-state index contributed by atoms with van der Waals surface area (Å²) in [5.41, 5.74) is 2.82. The van der Waals surface area contributed by atoms with Crippen LogP contribution in [-0.4, -0.2) is 19.1 Å². The van der Waals surface area contributed by atoms with Crippen LogP contribution in [0.2, 0.25) is 0 Å². The molecule has 136 valence electrons. The van der Waals surface area contributed by atoms with Gasteiger partial charge in [0, 0.05) is 37.1 Å². The van der Waals surface area contributed by atoms with E-state index in [0.717, 1.165) is 41.3 Å². The lowest BCUT2D eigenvalue weighted by Crippen LogP contribution is -2.17. The molecule has 0 aliphatic rings. The van der Waals surface area contributed by atoms with Crippen molar-refractivity contribution in [2.24, 2.45) is 4.99 Å². The number of halogens is 1. The topological polar surface area (TPSA) is 48.0 Å². The van der Waals surface area contributed by atoms with Crippen LogP contribution in [0.1, 0.15) is 6.42 Å². The van der Waals surface area contributed by atoms with E-state index < -0.39 is 0 Å². The van der Waals surface area contributed by atoms with E-state index in [9.17, 15) is 4.39 Å². The Morgan fingerprint density at radius 3 is 2.67 bits per heavy atom. The lowest BCUT2D eigenvalue weighted by Gasteiger charge is -2.10. The summed E-state index contributed by atoms with van der Waals surface area (Å²) in [7, 11) is 0. The number of aryl methyl sites for hydroxylation is 1. The highest BCUT2D eigenvalue weighted by Crippen LogP contribution is 2.21. The molecular weight excluding hydrogens is 361 g/mol. The molecule has 4 rings (SSSR count). The zero-order valence-electron chi connectivity index (χ0n) is 14.6. The van der Waals surface area contributed by atoms with Crippen molar-refractivity contribution in [2.45, 2.75) is 19.5 Å². The average molecular weight is 379 g/mol.